The molecule has 2 aromatic carbocycles. The molecule has 144 valence electrons. The van der Waals surface area contributed by atoms with E-state index >= 15 is 0 Å². The minimum absolute atomic E-state index is 0.0365. The number of benzene rings is 2. The summed E-state index contributed by atoms with van der Waals surface area (Å²) in [4.78, 5) is 27.3. The summed E-state index contributed by atoms with van der Waals surface area (Å²) in [5, 5.41) is 0.165. The highest BCUT2D eigenvalue weighted by Crippen LogP contribution is 2.26. The summed E-state index contributed by atoms with van der Waals surface area (Å²) in [5.41, 5.74) is 1.17. The predicted molar refractivity (Wildman–Crippen MR) is 116 cm³/mol. The van der Waals surface area contributed by atoms with E-state index < -0.39 is 11.8 Å². The Hall–Kier alpha value is -2.33. The topological polar surface area (TPSA) is 49.9 Å². The molecule has 0 aliphatic carbocycles. The molecule has 0 N–H and O–H groups in total. The third-order valence-electron chi connectivity index (χ3n) is 4.25. The maximum Gasteiger partial charge on any atom is 0.265 e. The molecule has 1 aliphatic heterocycles. The van der Waals surface area contributed by atoms with Crippen molar-refractivity contribution in [3.63, 3.8) is 0 Å². The molecular weight excluding hydrogens is 494 g/mol. The molecule has 0 unspecified atom stereocenters. The number of halogens is 2. The van der Waals surface area contributed by atoms with Gasteiger partial charge in [0.25, 0.3) is 11.8 Å². The SMILES string of the molecule is CN1C(=O)C(=Cc2ccc(OCc3ccccc3F)c(I)c2)C(=O)N(C)C1=S. The fourth-order valence-corrected chi connectivity index (χ4v) is 3.50. The Morgan fingerprint density at radius 1 is 1.11 bits per heavy atom. The van der Waals surface area contributed by atoms with Crippen molar-refractivity contribution in [3.05, 3.63) is 68.6 Å². The van der Waals surface area contributed by atoms with Crippen LogP contribution >= 0.6 is 34.8 Å². The summed E-state index contributed by atoms with van der Waals surface area (Å²) >= 11 is 7.17. The van der Waals surface area contributed by atoms with Gasteiger partial charge in [0, 0.05) is 19.7 Å². The number of hydrogen-bond donors (Lipinski definition) is 0. The zero-order valence-corrected chi connectivity index (χ0v) is 18.1. The first kappa shape index (κ1) is 20.4. The minimum atomic E-state index is -0.442. The van der Waals surface area contributed by atoms with Gasteiger partial charge >= 0.3 is 0 Å². The van der Waals surface area contributed by atoms with Crippen molar-refractivity contribution in [2.75, 3.05) is 14.1 Å². The lowest BCUT2D eigenvalue weighted by molar-refractivity contribution is -0.132. The molecule has 28 heavy (non-hydrogen) atoms. The van der Waals surface area contributed by atoms with Crippen LogP contribution in [0.25, 0.3) is 6.08 Å². The fraction of sp³-hybridized carbons (Fsp3) is 0.150. The van der Waals surface area contributed by atoms with E-state index in [1.807, 2.05) is 0 Å². The predicted octanol–water partition coefficient (Wildman–Crippen LogP) is 3.61. The average molecular weight is 510 g/mol. The zero-order valence-electron chi connectivity index (χ0n) is 15.1. The third kappa shape index (κ3) is 4.07. The van der Waals surface area contributed by atoms with Crippen LogP contribution in [0.15, 0.2) is 48.0 Å². The van der Waals surface area contributed by atoms with Gasteiger partial charge in [-0.1, -0.05) is 24.3 Å². The van der Waals surface area contributed by atoms with Gasteiger partial charge in [-0.2, -0.15) is 0 Å². The van der Waals surface area contributed by atoms with Gasteiger partial charge in [0.05, 0.1) is 3.57 Å². The summed E-state index contributed by atoms with van der Waals surface area (Å²) in [7, 11) is 3.07. The maximum atomic E-state index is 13.7. The number of carbonyl (C=O) groups excluding carboxylic acids is 2. The van der Waals surface area contributed by atoms with E-state index in [9.17, 15) is 14.0 Å². The zero-order chi connectivity index (χ0) is 20.4. The number of nitrogens with zero attached hydrogens (tertiary/aromatic N) is 2. The molecule has 1 saturated heterocycles. The first-order chi connectivity index (χ1) is 13.3. The Labute approximate surface area is 180 Å². The molecule has 0 bridgehead atoms. The number of amides is 2. The number of hydrogen-bond acceptors (Lipinski definition) is 4. The van der Waals surface area contributed by atoms with Crippen LogP contribution in [-0.4, -0.2) is 40.8 Å². The van der Waals surface area contributed by atoms with Gasteiger partial charge < -0.3 is 4.74 Å². The Balaban J connectivity index is 1.81. The first-order valence-electron chi connectivity index (χ1n) is 8.27. The summed E-state index contributed by atoms with van der Waals surface area (Å²) in [6, 6.07) is 11.7. The molecule has 0 radical (unpaired) electrons. The molecule has 0 saturated carbocycles. The molecule has 1 fully saturated rings. The second-order valence-electron chi connectivity index (χ2n) is 6.14. The normalized spacial score (nSPS) is 14.6. The van der Waals surface area contributed by atoms with E-state index in [1.165, 1.54) is 36.0 Å². The Bertz CT molecular complexity index is 983. The van der Waals surface area contributed by atoms with Crippen LogP contribution in [0.4, 0.5) is 4.39 Å². The van der Waals surface area contributed by atoms with E-state index in [0.717, 1.165) is 3.57 Å². The monoisotopic (exact) mass is 510 g/mol. The number of carbonyl (C=O) groups is 2. The fourth-order valence-electron chi connectivity index (χ4n) is 2.64. The number of likely N-dealkylation sites (N-methyl/N-ethyl adjacent to an activating group) is 2. The van der Waals surface area contributed by atoms with Crippen LogP contribution in [0, 0.1) is 9.39 Å². The second kappa shape index (κ2) is 8.36. The number of thiocarbonyl (C=S) groups is 1. The van der Waals surface area contributed by atoms with Crippen LogP contribution in [0.5, 0.6) is 5.75 Å². The van der Waals surface area contributed by atoms with Gasteiger partial charge in [-0.05, 0) is 64.6 Å². The Kier molecular flexibility index (Phi) is 6.09. The average Bonchev–Trinajstić information content (AvgIpc) is 2.68. The molecular formula is C20H16FIN2O3S. The number of rotatable bonds is 4. The van der Waals surface area contributed by atoms with E-state index in [-0.39, 0.29) is 23.1 Å². The van der Waals surface area contributed by atoms with Gasteiger partial charge in [0.15, 0.2) is 5.11 Å². The summed E-state index contributed by atoms with van der Waals surface area (Å²) in [5.74, 6) is -0.618. The van der Waals surface area contributed by atoms with Crippen molar-refractivity contribution in [3.8, 4) is 5.75 Å². The van der Waals surface area contributed by atoms with Crippen molar-refractivity contribution < 1.29 is 18.7 Å². The van der Waals surface area contributed by atoms with Gasteiger partial charge in [0.2, 0.25) is 0 Å². The Morgan fingerprint density at radius 2 is 1.75 bits per heavy atom. The first-order valence-corrected chi connectivity index (χ1v) is 9.76. The van der Waals surface area contributed by atoms with Crippen LogP contribution in [0.2, 0.25) is 0 Å². The van der Waals surface area contributed by atoms with Crippen LogP contribution < -0.4 is 4.74 Å². The molecule has 8 heteroatoms. The van der Waals surface area contributed by atoms with Gasteiger partial charge in [-0.3, -0.25) is 19.4 Å². The lowest BCUT2D eigenvalue weighted by atomic mass is 10.1. The van der Waals surface area contributed by atoms with Crippen molar-refractivity contribution in [1.29, 1.82) is 0 Å². The van der Waals surface area contributed by atoms with Gasteiger partial charge in [-0.25, -0.2) is 4.39 Å². The largest absolute Gasteiger partial charge is 0.488 e. The molecule has 0 aromatic heterocycles. The van der Waals surface area contributed by atoms with Crippen LogP contribution in [-0.2, 0) is 16.2 Å². The maximum absolute atomic E-state index is 13.7. The van der Waals surface area contributed by atoms with Crippen LogP contribution in [0.1, 0.15) is 11.1 Å². The van der Waals surface area contributed by atoms with Crippen molar-refractivity contribution >= 4 is 57.8 Å². The molecule has 0 atom stereocenters. The standard InChI is InChI=1S/C20H16FIN2O3S/c1-23-18(25)14(19(26)24(2)20(23)28)9-12-7-8-17(16(22)10-12)27-11-13-5-3-4-6-15(13)21/h3-10H,11H2,1-2H3. The number of ether oxygens (including phenoxy) is 1. The Morgan fingerprint density at radius 3 is 2.36 bits per heavy atom. The van der Waals surface area contributed by atoms with E-state index in [2.05, 4.69) is 22.6 Å². The van der Waals surface area contributed by atoms with E-state index in [1.54, 1.807) is 36.4 Å². The molecule has 2 amide bonds. The van der Waals surface area contributed by atoms with Crippen molar-refractivity contribution in [2.24, 2.45) is 0 Å². The summed E-state index contributed by atoms with van der Waals surface area (Å²) < 4.78 is 20.2. The quantitative estimate of drug-likeness (QED) is 0.273. The third-order valence-corrected chi connectivity index (χ3v) is 5.64. The lowest BCUT2D eigenvalue weighted by Crippen LogP contribution is -2.52. The molecule has 1 heterocycles. The molecule has 3 rings (SSSR count). The van der Waals surface area contributed by atoms with Crippen LogP contribution in [0.3, 0.4) is 0 Å². The smallest absolute Gasteiger partial charge is 0.265 e. The van der Waals surface area contributed by atoms with Crippen molar-refractivity contribution in [1.82, 2.24) is 9.80 Å². The molecule has 0 spiro atoms. The lowest BCUT2D eigenvalue weighted by Gasteiger charge is -2.31. The summed E-state index contributed by atoms with van der Waals surface area (Å²) in [6.07, 6.45) is 1.53. The molecule has 5 nitrogen and oxygen atoms in total. The second-order valence-corrected chi connectivity index (χ2v) is 7.67. The highest BCUT2D eigenvalue weighted by Gasteiger charge is 2.35. The summed E-state index contributed by atoms with van der Waals surface area (Å²) in [6.45, 7) is 0.104. The van der Waals surface area contributed by atoms with E-state index in [0.29, 0.717) is 16.9 Å². The molecule has 2 aromatic rings. The molecule has 1 aliphatic rings. The minimum Gasteiger partial charge on any atom is -0.488 e. The highest BCUT2D eigenvalue weighted by atomic mass is 127. The van der Waals surface area contributed by atoms with E-state index in [4.69, 9.17) is 17.0 Å². The van der Waals surface area contributed by atoms with Crippen molar-refractivity contribution in [2.45, 2.75) is 6.61 Å². The van der Waals surface area contributed by atoms with Gasteiger partial charge in [-0.15, -0.1) is 0 Å². The van der Waals surface area contributed by atoms with Gasteiger partial charge in [0.1, 0.15) is 23.7 Å². The highest BCUT2D eigenvalue weighted by molar-refractivity contribution is 14.1.